The molecule has 2 amide bonds. The van der Waals surface area contributed by atoms with E-state index in [4.69, 9.17) is 10.5 Å². The zero-order chi connectivity index (χ0) is 39.1. The van der Waals surface area contributed by atoms with Crippen LogP contribution in [0.4, 0.5) is 39.7 Å². The first-order valence-corrected chi connectivity index (χ1v) is 18.0. The van der Waals surface area contributed by atoms with Crippen molar-refractivity contribution in [3.8, 4) is 0 Å². The molecule has 6 aromatic rings. The molecule has 19 nitrogen and oxygen atoms in total. The summed E-state index contributed by atoms with van der Waals surface area (Å²) in [6.07, 6.45) is 9.08. The SMILES string of the molecule is COC(=O)c1ccc2c(n1)N(C(=O)Nc1ncc3c(C)c[nH]c3n1)[C@H]1CCN2C1.COC(=O)c1ccc2c(n1)N[C@H]1CCN2C1.Cc1c[nH]c2nc(N)ncc12. The lowest BCUT2D eigenvalue weighted by molar-refractivity contribution is 0.0585. The Morgan fingerprint density at radius 1 is 0.786 bits per heavy atom. The molecule has 4 aliphatic rings. The van der Waals surface area contributed by atoms with E-state index in [9.17, 15) is 14.4 Å². The number of nitrogens with two attached hydrogens (primary N) is 1. The first kappa shape index (κ1) is 36.0. The molecule has 2 atom stereocenters. The van der Waals surface area contributed by atoms with Crippen LogP contribution in [0.15, 0.2) is 49.1 Å². The summed E-state index contributed by atoms with van der Waals surface area (Å²) in [6.45, 7) is 7.59. The highest BCUT2D eigenvalue weighted by Gasteiger charge is 2.41. The largest absolute Gasteiger partial charge is 0.464 e. The molecule has 0 radical (unpaired) electrons. The number of nitrogens with one attached hydrogen (secondary N) is 4. The van der Waals surface area contributed by atoms with Gasteiger partial charge in [-0.1, -0.05) is 0 Å². The average Bonchev–Trinajstić information content (AvgIpc) is 4.00. The maximum atomic E-state index is 13.2. The molecule has 10 rings (SSSR count). The minimum Gasteiger partial charge on any atom is -0.464 e. The van der Waals surface area contributed by atoms with Gasteiger partial charge in [-0.2, -0.15) is 9.97 Å². The Bertz CT molecular complexity index is 2480. The number of carbonyl (C=O) groups is 3. The van der Waals surface area contributed by atoms with Gasteiger partial charge in [0.15, 0.2) is 23.0 Å². The van der Waals surface area contributed by atoms with Gasteiger partial charge >= 0.3 is 18.0 Å². The zero-order valence-electron chi connectivity index (χ0n) is 31.2. The molecule has 6 N–H and O–H groups in total. The van der Waals surface area contributed by atoms with E-state index in [2.05, 4.69) is 65.0 Å². The fraction of sp³-hybridized carbons (Fsp3) is 0.324. The van der Waals surface area contributed by atoms with Crippen LogP contribution >= 0.6 is 0 Å². The third-order valence-corrected chi connectivity index (χ3v) is 10.2. The van der Waals surface area contributed by atoms with Crippen molar-refractivity contribution in [3.63, 3.8) is 0 Å². The lowest BCUT2D eigenvalue weighted by atomic mass is 10.2. The van der Waals surface area contributed by atoms with Gasteiger partial charge in [-0.15, -0.1) is 0 Å². The van der Waals surface area contributed by atoms with Crippen LogP contribution in [0, 0.1) is 13.8 Å². The molecule has 0 aromatic carbocycles. The number of amides is 2. The lowest BCUT2D eigenvalue weighted by Crippen LogP contribution is -2.48. The number of ether oxygens (including phenoxy) is 2. The number of aromatic amines is 2. The van der Waals surface area contributed by atoms with Gasteiger partial charge in [0.05, 0.1) is 31.6 Å². The number of aryl methyl sites for hydroxylation is 2. The van der Waals surface area contributed by atoms with E-state index >= 15 is 0 Å². The van der Waals surface area contributed by atoms with Crippen molar-refractivity contribution in [2.45, 2.75) is 38.8 Å². The third kappa shape index (κ3) is 6.78. The van der Waals surface area contributed by atoms with E-state index in [1.54, 1.807) is 35.5 Å². The Hall–Kier alpha value is -7.05. The monoisotopic (exact) mass is 760 g/mol. The van der Waals surface area contributed by atoms with Crippen molar-refractivity contribution in [1.82, 2.24) is 39.9 Å². The lowest BCUT2D eigenvalue weighted by Gasteiger charge is -2.35. The summed E-state index contributed by atoms with van der Waals surface area (Å²) in [5.74, 6) is 0.817. The van der Waals surface area contributed by atoms with Crippen LogP contribution < -0.4 is 31.1 Å². The van der Waals surface area contributed by atoms with Crippen LogP contribution in [0.2, 0.25) is 0 Å². The van der Waals surface area contributed by atoms with Gasteiger partial charge in [0.1, 0.15) is 11.3 Å². The normalized spacial score (nSPS) is 17.2. The number of nitrogens with zero attached hydrogens (tertiary/aromatic N) is 9. The standard InChI is InChI=1S/C19H19N7O3.C11H13N3O2.C7H8N4/c1-10-7-20-15-12(10)8-21-18(23-15)24-19(28)26-11-5-6-25(9-11)14-4-3-13(17(27)29-2)22-16(14)26;1-16-11(15)8-2-3-9-10(13-8)12-7-4-5-14(9)6-7;1-4-2-9-6-5(4)3-10-7(8)11-6/h3-4,7-8,11H,5-6,9H2,1-2H3,(H2,20,21,23,24,28);2-3,7H,4-6H2,1H3,(H,12,13);2-3H,1H3,(H3,8,9,10,11)/t11-;7-;/m00./s1. The van der Waals surface area contributed by atoms with Gasteiger partial charge < -0.3 is 40.3 Å². The van der Waals surface area contributed by atoms with E-state index in [-0.39, 0.29) is 23.7 Å². The van der Waals surface area contributed by atoms with Gasteiger partial charge in [-0.3, -0.25) is 10.2 Å². The quantitative estimate of drug-likeness (QED) is 0.161. The molecule has 0 spiro atoms. The number of rotatable bonds is 3. The number of methoxy groups -OCH3 is 2. The number of fused-ring (bicyclic) bond motifs is 10. The predicted octanol–water partition coefficient (Wildman–Crippen LogP) is 3.80. The van der Waals surface area contributed by atoms with Crippen LogP contribution in [-0.4, -0.2) is 110 Å². The summed E-state index contributed by atoms with van der Waals surface area (Å²) in [5.41, 5.74) is 11.4. The summed E-state index contributed by atoms with van der Waals surface area (Å²) in [6, 6.07) is 7.11. The molecule has 19 heteroatoms. The molecule has 10 heterocycles. The number of nitrogen functional groups attached to an aromatic ring is 1. The van der Waals surface area contributed by atoms with Gasteiger partial charge in [0, 0.05) is 67.8 Å². The number of urea groups is 1. The van der Waals surface area contributed by atoms with E-state index in [0.717, 1.165) is 83.8 Å². The number of esters is 2. The first-order chi connectivity index (χ1) is 27.1. The molecule has 2 fully saturated rings. The first-order valence-electron chi connectivity index (χ1n) is 18.0. The van der Waals surface area contributed by atoms with Crippen molar-refractivity contribution >= 4 is 74.9 Å². The Kier molecular flexibility index (Phi) is 9.40. The molecule has 4 bridgehead atoms. The maximum Gasteiger partial charge on any atom is 0.356 e. The molecule has 4 aliphatic heterocycles. The van der Waals surface area contributed by atoms with Crippen molar-refractivity contribution in [1.29, 1.82) is 0 Å². The van der Waals surface area contributed by atoms with Crippen LogP contribution in [0.3, 0.4) is 0 Å². The Balaban J connectivity index is 0.000000136. The number of H-pyrrole nitrogens is 2. The summed E-state index contributed by atoms with van der Waals surface area (Å²) in [7, 11) is 2.67. The number of pyridine rings is 2. The van der Waals surface area contributed by atoms with Crippen molar-refractivity contribution in [2.24, 2.45) is 0 Å². The fourth-order valence-corrected chi connectivity index (χ4v) is 7.31. The highest BCUT2D eigenvalue weighted by molar-refractivity contribution is 6.04. The second-order valence-corrected chi connectivity index (χ2v) is 13.7. The molecular weight excluding hydrogens is 720 g/mol. The molecule has 56 heavy (non-hydrogen) atoms. The van der Waals surface area contributed by atoms with E-state index in [0.29, 0.717) is 29.1 Å². The van der Waals surface area contributed by atoms with Gasteiger partial charge in [0.25, 0.3) is 0 Å². The minimum atomic E-state index is -0.544. The van der Waals surface area contributed by atoms with E-state index in [1.807, 2.05) is 32.3 Å². The summed E-state index contributed by atoms with van der Waals surface area (Å²) in [4.78, 5) is 73.8. The predicted molar refractivity (Wildman–Crippen MR) is 209 cm³/mol. The highest BCUT2D eigenvalue weighted by Crippen LogP contribution is 2.39. The molecule has 0 unspecified atom stereocenters. The third-order valence-electron chi connectivity index (χ3n) is 10.2. The average molecular weight is 761 g/mol. The second-order valence-electron chi connectivity index (χ2n) is 13.7. The van der Waals surface area contributed by atoms with Crippen molar-refractivity contribution in [2.75, 3.05) is 71.5 Å². The zero-order valence-corrected chi connectivity index (χ0v) is 31.2. The molecule has 0 aliphatic carbocycles. The Morgan fingerprint density at radius 2 is 1.41 bits per heavy atom. The van der Waals surface area contributed by atoms with Crippen LogP contribution in [0.1, 0.15) is 44.9 Å². The highest BCUT2D eigenvalue weighted by atomic mass is 16.5. The molecule has 288 valence electrons. The number of hydrogen-bond donors (Lipinski definition) is 5. The molecular formula is C37H40N14O5. The number of carbonyl (C=O) groups excluding carboxylic acids is 3. The van der Waals surface area contributed by atoms with Crippen LogP contribution in [0.25, 0.3) is 22.1 Å². The maximum absolute atomic E-state index is 13.2. The van der Waals surface area contributed by atoms with Gasteiger partial charge in [0.2, 0.25) is 11.9 Å². The van der Waals surface area contributed by atoms with Gasteiger partial charge in [-0.05, 0) is 62.1 Å². The summed E-state index contributed by atoms with van der Waals surface area (Å²) < 4.78 is 9.43. The van der Waals surface area contributed by atoms with Gasteiger partial charge in [-0.25, -0.2) is 34.3 Å². The Morgan fingerprint density at radius 3 is 2.12 bits per heavy atom. The Labute approximate surface area is 320 Å². The molecule has 2 saturated heterocycles. The second kappa shape index (κ2) is 14.6. The summed E-state index contributed by atoms with van der Waals surface area (Å²) in [5, 5.41) is 8.05. The van der Waals surface area contributed by atoms with Crippen LogP contribution in [0.5, 0.6) is 0 Å². The van der Waals surface area contributed by atoms with Crippen molar-refractivity contribution < 1.29 is 23.9 Å². The number of hydrogen-bond acceptors (Lipinski definition) is 15. The smallest absolute Gasteiger partial charge is 0.356 e. The van der Waals surface area contributed by atoms with Crippen LogP contribution in [-0.2, 0) is 9.47 Å². The number of aromatic nitrogens is 8. The fourth-order valence-electron chi connectivity index (χ4n) is 7.31. The topological polar surface area (TPSA) is 238 Å². The molecule has 0 saturated carbocycles. The summed E-state index contributed by atoms with van der Waals surface area (Å²) >= 11 is 0. The van der Waals surface area contributed by atoms with E-state index < -0.39 is 11.9 Å². The minimum absolute atomic E-state index is 0.0423. The molecule has 6 aromatic heterocycles. The van der Waals surface area contributed by atoms with E-state index in [1.165, 1.54) is 14.2 Å². The van der Waals surface area contributed by atoms with Crippen molar-refractivity contribution in [3.05, 3.63) is 71.6 Å². The number of anilines is 6.